The molecule has 1 N–H and O–H groups in total. The first kappa shape index (κ1) is 20.9. The van der Waals surface area contributed by atoms with Crippen LogP contribution >= 0.6 is 11.3 Å². The molecule has 158 valence electrons. The van der Waals surface area contributed by atoms with E-state index in [-0.39, 0.29) is 6.42 Å². The summed E-state index contributed by atoms with van der Waals surface area (Å²) in [4.78, 5) is 11.8. The Kier molecular flexibility index (Phi) is 6.53. The first-order valence-electron chi connectivity index (χ1n) is 10.2. The first-order chi connectivity index (χ1) is 15.1. The number of rotatable bonds is 9. The predicted octanol–water partition coefficient (Wildman–Crippen LogP) is 6.38. The van der Waals surface area contributed by atoms with Gasteiger partial charge in [0.2, 0.25) is 0 Å². The number of ether oxygens (including phenoxy) is 2. The van der Waals surface area contributed by atoms with Gasteiger partial charge in [-0.1, -0.05) is 48.5 Å². The maximum absolute atomic E-state index is 10.7. The minimum Gasteiger partial charge on any atom is -0.488 e. The number of carbonyl (C=O) groups is 1. The lowest BCUT2D eigenvalue weighted by Crippen LogP contribution is -2.01. The molecule has 1 heterocycles. The zero-order valence-corrected chi connectivity index (χ0v) is 18.2. The molecule has 4 nitrogen and oxygen atoms in total. The van der Waals surface area contributed by atoms with E-state index < -0.39 is 5.97 Å². The minimum atomic E-state index is -0.789. The highest BCUT2D eigenvalue weighted by molar-refractivity contribution is 7.19. The van der Waals surface area contributed by atoms with Crippen molar-refractivity contribution < 1.29 is 19.4 Å². The molecule has 0 atom stereocenters. The van der Waals surface area contributed by atoms with Gasteiger partial charge in [0, 0.05) is 16.5 Å². The standard InChI is InChI=1S/C26H24O4S/c1-18-6-2-3-7-20(18)16-30-26-22-8-4-5-9-23(22)31-24(26)17-29-21-13-10-19(11-14-21)12-15-25(27)28/h2-11,13-14H,12,15-17H2,1H3,(H,27,28). The van der Waals surface area contributed by atoms with Crippen LogP contribution in [0, 0.1) is 6.92 Å². The highest BCUT2D eigenvalue weighted by atomic mass is 32.1. The number of hydrogen-bond donors (Lipinski definition) is 1. The van der Waals surface area contributed by atoms with Crippen LogP contribution < -0.4 is 9.47 Å². The molecule has 0 unspecified atom stereocenters. The van der Waals surface area contributed by atoms with E-state index in [0.717, 1.165) is 27.3 Å². The Bertz CT molecular complexity index is 1180. The van der Waals surface area contributed by atoms with Crippen LogP contribution in [0.2, 0.25) is 0 Å². The van der Waals surface area contributed by atoms with Gasteiger partial charge < -0.3 is 14.6 Å². The van der Waals surface area contributed by atoms with Gasteiger partial charge >= 0.3 is 5.97 Å². The molecular weight excluding hydrogens is 408 g/mol. The molecule has 0 saturated heterocycles. The van der Waals surface area contributed by atoms with E-state index in [2.05, 4.69) is 31.2 Å². The third kappa shape index (κ3) is 5.25. The molecule has 0 aliphatic rings. The van der Waals surface area contributed by atoms with Crippen molar-refractivity contribution in [2.45, 2.75) is 33.0 Å². The molecule has 5 heteroatoms. The lowest BCUT2D eigenvalue weighted by Gasteiger charge is -2.11. The largest absolute Gasteiger partial charge is 0.488 e. The Hall–Kier alpha value is -3.31. The van der Waals surface area contributed by atoms with Gasteiger partial charge in [0.05, 0.1) is 4.88 Å². The fourth-order valence-electron chi connectivity index (χ4n) is 3.40. The number of hydrogen-bond acceptors (Lipinski definition) is 4. The van der Waals surface area contributed by atoms with Crippen LogP contribution in [-0.2, 0) is 24.4 Å². The number of aliphatic carboxylic acids is 1. The Labute approximate surface area is 185 Å². The maximum atomic E-state index is 10.7. The summed E-state index contributed by atoms with van der Waals surface area (Å²) >= 11 is 1.68. The van der Waals surface area contributed by atoms with Gasteiger partial charge in [-0.25, -0.2) is 0 Å². The summed E-state index contributed by atoms with van der Waals surface area (Å²) in [6.45, 7) is 3.02. The van der Waals surface area contributed by atoms with Crippen molar-refractivity contribution in [2.75, 3.05) is 0 Å². The molecule has 0 aliphatic heterocycles. The van der Waals surface area contributed by atoms with Crippen LogP contribution in [-0.4, -0.2) is 11.1 Å². The molecule has 0 radical (unpaired) electrons. The minimum absolute atomic E-state index is 0.129. The van der Waals surface area contributed by atoms with Crippen LogP contribution in [0.4, 0.5) is 0 Å². The van der Waals surface area contributed by atoms with Crippen LogP contribution in [0.3, 0.4) is 0 Å². The Balaban J connectivity index is 1.49. The Morgan fingerprint density at radius 1 is 0.903 bits per heavy atom. The van der Waals surface area contributed by atoms with Crippen LogP contribution in [0.1, 0.15) is 28.0 Å². The van der Waals surface area contributed by atoms with Gasteiger partial charge in [-0.05, 0) is 54.3 Å². The highest BCUT2D eigenvalue weighted by Gasteiger charge is 2.15. The third-order valence-electron chi connectivity index (χ3n) is 5.17. The van der Waals surface area contributed by atoms with Crippen molar-refractivity contribution in [3.63, 3.8) is 0 Å². The van der Waals surface area contributed by atoms with Gasteiger partial charge in [-0.2, -0.15) is 0 Å². The summed E-state index contributed by atoms with van der Waals surface area (Å²) in [5.41, 5.74) is 3.36. The van der Waals surface area contributed by atoms with Crippen LogP contribution in [0.5, 0.6) is 11.5 Å². The zero-order chi connectivity index (χ0) is 21.6. The van der Waals surface area contributed by atoms with E-state index in [4.69, 9.17) is 14.6 Å². The van der Waals surface area contributed by atoms with Crippen molar-refractivity contribution in [3.8, 4) is 11.5 Å². The third-order valence-corrected chi connectivity index (χ3v) is 6.30. The normalized spacial score (nSPS) is 10.9. The molecule has 0 amide bonds. The molecular formula is C26H24O4S. The lowest BCUT2D eigenvalue weighted by atomic mass is 10.1. The van der Waals surface area contributed by atoms with Crippen LogP contribution in [0.15, 0.2) is 72.8 Å². The smallest absolute Gasteiger partial charge is 0.303 e. The number of carboxylic acids is 1. The van der Waals surface area contributed by atoms with E-state index in [1.807, 2.05) is 48.5 Å². The second-order valence-electron chi connectivity index (χ2n) is 7.39. The average Bonchev–Trinajstić information content (AvgIpc) is 3.14. The second-order valence-corrected chi connectivity index (χ2v) is 8.53. The van der Waals surface area contributed by atoms with Crippen molar-refractivity contribution >= 4 is 27.4 Å². The summed E-state index contributed by atoms with van der Waals surface area (Å²) in [6.07, 6.45) is 0.645. The van der Waals surface area contributed by atoms with E-state index in [0.29, 0.717) is 19.6 Å². The van der Waals surface area contributed by atoms with E-state index in [1.165, 1.54) is 15.8 Å². The van der Waals surface area contributed by atoms with E-state index in [9.17, 15) is 4.79 Å². The maximum Gasteiger partial charge on any atom is 0.303 e. The molecule has 3 aromatic carbocycles. The zero-order valence-electron chi connectivity index (χ0n) is 17.3. The fraction of sp³-hybridized carbons (Fsp3) is 0.192. The van der Waals surface area contributed by atoms with E-state index >= 15 is 0 Å². The van der Waals surface area contributed by atoms with Crippen molar-refractivity contribution in [2.24, 2.45) is 0 Å². The molecule has 31 heavy (non-hydrogen) atoms. The SMILES string of the molecule is Cc1ccccc1COc1c(COc2ccc(CCC(=O)O)cc2)sc2ccccc12. The molecule has 1 aromatic heterocycles. The first-order valence-corrected chi connectivity index (χ1v) is 11.0. The summed E-state index contributed by atoms with van der Waals surface area (Å²) in [5, 5.41) is 9.92. The van der Waals surface area contributed by atoms with Gasteiger partial charge in [-0.3, -0.25) is 4.79 Å². The summed E-state index contributed by atoms with van der Waals surface area (Å²) in [6, 6.07) is 24.1. The predicted molar refractivity (Wildman–Crippen MR) is 124 cm³/mol. The quantitative estimate of drug-likeness (QED) is 0.333. The second kappa shape index (κ2) is 9.67. The molecule has 4 rings (SSSR count). The topological polar surface area (TPSA) is 55.8 Å². The molecule has 0 spiro atoms. The summed E-state index contributed by atoms with van der Waals surface area (Å²) < 4.78 is 13.5. The summed E-state index contributed by atoms with van der Waals surface area (Å²) in [5.74, 6) is 0.839. The molecule has 0 aliphatic carbocycles. The van der Waals surface area contributed by atoms with Gasteiger partial charge in [0.15, 0.2) is 0 Å². The molecule has 0 saturated carbocycles. The number of aryl methyl sites for hydroxylation is 2. The van der Waals surface area contributed by atoms with Crippen LogP contribution in [0.25, 0.3) is 10.1 Å². The average molecular weight is 433 g/mol. The van der Waals surface area contributed by atoms with Gasteiger partial charge in [-0.15, -0.1) is 11.3 Å². The summed E-state index contributed by atoms with van der Waals surface area (Å²) in [7, 11) is 0. The van der Waals surface area contributed by atoms with Gasteiger partial charge in [0.1, 0.15) is 24.7 Å². The Morgan fingerprint density at radius 3 is 2.42 bits per heavy atom. The number of carboxylic acid groups (broad SMARTS) is 1. The molecule has 0 bridgehead atoms. The monoisotopic (exact) mass is 432 g/mol. The number of thiophene rings is 1. The van der Waals surface area contributed by atoms with Crippen molar-refractivity contribution in [3.05, 3.63) is 94.4 Å². The van der Waals surface area contributed by atoms with Crippen molar-refractivity contribution in [1.29, 1.82) is 0 Å². The van der Waals surface area contributed by atoms with E-state index in [1.54, 1.807) is 11.3 Å². The highest BCUT2D eigenvalue weighted by Crippen LogP contribution is 2.39. The Morgan fingerprint density at radius 2 is 1.65 bits per heavy atom. The van der Waals surface area contributed by atoms with Gasteiger partial charge in [0.25, 0.3) is 0 Å². The molecule has 0 fully saturated rings. The molecule has 4 aromatic rings. The number of fused-ring (bicyclic) bond motifs is 1. The lowest BCUT2D eigenvalue weighted by molar-refractivity contribution is -0.136. The number of benzene rings is 3. The van der Waals surface area contributed by atoms with Crippen molar-refractivity contribution in [1.82, 2.24) is 0 Å². The fourth-order valence-corrected chi connectivity index (χ4v) is 4.46.